The molecule has 110 valence electrons. The Hall–Kier alpha value is -0.420. The van der Waals surface area contributed by atoms with E-state index >= 15 is 0 Å². The average Bonchev–Trinajstić information content (AvgIpc) is 2.77. The molecule has 0 aliphatic rings. The highest BCUT2D eigenvalue weighted by molar-refractivity contribution is 7.12. The number of hydrogen-bond acceptors (Lipinski definition) is 4. The Labute approximate surface area is 121 Å². The third-order valence-electron chi connectivity index (χ3n) is 3.68. The van der Waals surface area contributed by atoms with Crippen LogP contribution in [0.4, 0.5) is 0 Å². The van der Waals surface area contributed by atoms with Gasteiger partial charge in [0.05, 0.1) is 12.6 Å². The lowest BCUT2D eigenvalue weighted by atomic mass is 10.0. The standard InChI is InChI=1S/C15H28N2OS/c1-5-13(6-2)17(9-10-18)15(12(4)16)14-8-7-11(3)19-14/h7-8,12-13,15,18H,5-6,9-10,16H2,1-4H3. The fourth-order valence-electron chi connectivity index (χ4n) is 2.76. The maximum Gasteiger partial charge on any atom is 0.0594 e. The molecule has 2 unspecified atom stereocenters. The summed E-state index contributed by atoms with van der Waals surface area (Å²) in [5, 5.41) is 9.38. The van der Waals surface area contributed by atoms with E-state index in [9.17, 15) is 5.11 Å². The van der Waals surface area contributed by atoms with Crippen LogP contribution in [-0.4, -0.2) is 35.2 Å². The summed E-state index contributed by atoms with van der Waals surface area (Å²) in [5.41, 5.74) is 6.24. The third-order valence-corrected chi connectivity index (χ3v) is 4.75. The summed E-state index contributed by atoms with van der Waals surface area (Å²) in [5.74, 6) is 0. The molecule has 2 atom stereocenters. The average molecular weight is 284 g/mol. The van der Waals surface area contributed by atoms with Crippen LogP contribution in [0.3, 0.4) is 0 Å². The van der Waals surface area contributed by atoms with Crippen LogP contribution in [0.2, 0.25) is 0 Å². The Balaban J connectivity index is 3.04. The van der Waals surface area contributed by atoms with E-state index in [1.54, 1.807) is 0 Å². The zero-order chi connectivity index (χ0) is 14.4. The van der Waals surface area contributed by atoms with Gasteiger partial charge in [-0.3, -0.25) is 4.90 Å². The van der Waals surface area contributed by atoms with Crippen molar-refractivity contribution in [3.05, 3.63) is 21.9 Å². The lowest BCUT2D eigenvalue weighted by molar-refractivity contribution is 0.0869. The molecule has 0 radical (unpaired) electrons. The van der Waals surface area contributed by atoms with Crippen molar-refractivity contribution in [3.63, 3.8) is 0 Å². The van der Waals surface area contributed by atoms with Crippen LogP contribution in [0.1, 0.15) is 49.4 Å². The van der Waals surface area contributed by atoms with Crippen molar-refractivity contribution < 1.29 is 5.11 Å². The SMILES string of the molecule is CCC(CC)N(CCO)C(c1ccc(C)s1)C(C)N. The number of aliphatic hydroxyl groups excluding tert-OH is 1. The molecule has 0 saturated carbocycles. The quantitative estimate of drug-likeness (QED) is 0.771. The normalized spacial score (nSPS) is 15.2. The van der Waals surface area contributed by atoms with Crippen molar-refractivity contribution >= 4 is 11.3 Å². The number of nitrogens with two attached hydrogens (primary N) is 1. The fraction of sp³-hybridized carbons (Fsp3) is 0.733. The molecule has 0 fully saturated rings. The van der Waals surface area contributed by atoms with Crippen LogP contribution >= 0.6 is 11.3 Å². The van der Waals surface area contributed by atoms with Crippen molar-refractivity contribution in [2.24, 2.45) is 5.73 Å². The number of aliphatic hydroxyl groups is 1. The zero-order valence-electron chi connectivity index (χ0n) is 12.6. The molecular formula is C15H28N2OS. The van der Waals surface area contributed by atoms with Gasteiger partial charge in [0.2, 0.25) is 0 Å². The molecule has 1 heterocycles. The summed E-state index contributed by atoms with van der Waals surface area (Å²) in [6, 6.07) is 5.08. The highest BCUT2D eigenvalue weighted by Crippen LogP contribution is 2.32. The van der Waals surface area contributed by atoms with Gasteiger partial charge in [-0.1, -0.05) is 13.8 Å². The Morgan fingerprint density at radius 1 is 1.32 bits per heavy atom. The van der Waals surface area contributed by atoms with Crippen molar-refractivity contribution in [1.82, 2.24) is 4.90 Å². The maximum absolute atomic E-state index is 9.38. The Kier molecular flexibility index (Phi) is 7.00. The van der Waals surface area contributed by atoms with Gasteiger partial charge < -0.3 is 10.8 Å². The van der Waals surface area contributed by atoms with E-state index in [4.69, 9.17) is 5.73 Å². The van der Waals surface area contributed by atoms with Gasteiger partial charge in [0, 0.05) is 28.4 Å². The second kappa shape index (κ2) is 8.00. The first-order valence-electron chi connectivity index (χ1n) is 7.23. The molecule has 0 amide bonds. The highest BCUT2D eigenvalue weighted by Gasteiger charge is 2.29. The van der Waals surface area contributed by atoms with Gasteiger partial charge in [0.1, 0.15) is 0 Å². The van der Waals surface area contributed by atoms with Gasteiger partial charge in [-0.25, -0.2) is 0 Å². The number of nitrogens with zero attached hydrogens (tertiary/aromatic N) is 1. The summed E-state index contributed by atoms with van der Waals surface area (Å²) in [6.45, 7) is 9.47. The molecule has 1 aromatic rings. The van der Waals surface area contributed by atoms with Gasteiger partial charge in [0.15, 0.2) is 0 Å². The molecule has 1 aromatic heterocycles. The first-order chi connectivity index (χ1) is 9.04. The molecular weight excluding hydrogens is 256 g/mol. The smallest absolute Gasteiger partial charge is 0.0594 e. The number of aryl methyl sites for hydroxylation is 1. The van der Waals surface area contributed by atoms with E-state index in [0.717, 1.165) is 12.8 Å². The molecule has 0 aliphatic carbocycles. The lowest BCUT2D eigenvalue weighted by Crippen LogP contribution is -2.45. The van der Waals surface area contributed by atoms with Crippen LogP contribution < -0.4 is 5.73 Å². The lowest BCUT2D eigenvalue weighted by Gasteiger charge is -2.38. The fourth-order valence-corrected chi connectivity index (χ4v) is 3.87. The molecule has 0 saturated heterocycles. The van der Waals surface area contributed by atoms with Crippen molar-refractivity contribution in [3.8, 4) is 0 Å². The summed E-state index contributed by atoms with van der Waals surface area (Å²) < 4.78 is 0. The van der Waals surface area contributed by atoms with E-state index in [0.29, 0.717) is 12.6 Å². The Morgan fingerprint density at radius 3 is 2.32 bits per heavy atom. The summed E-state index contributed by atoms with van der Waals surface area (Å²) in [7, 11) is 0. The molecule has 0 bridgehead atoms. The number of thiophene rings is 1. The maximum atomic E-state index is 9.38. The van der Waals surface area contributed by atoms with Gasteiger partial charge in [-0.15, -0.1) is 11.3 Å². The number of rotatable bonds is 8. The molecule has 3 N–H and O–H groups in total. The minimum absolute atomic E-state index is 0.0604. The van der Waals surface area contributed by atoms with Crippen molar-refractivity contribution in [1.29, 1.82) is 0 Å². The molecule has 4 heteroatoms. The van der Waals surface area contributed by atoms with E-state index < -0.39 is 0 Å². The third kappa shape index (κ3) is 4.28. The monoisotopic (exact) mass is 284 g/mol. The topological polar surface area (TPSA) is 49.5 Å². The van der Waals surface area contributed by atoms with Crippen molar-refractivity contribution in [2.45, 2.75) is 58.7 Å². The van der Waals surface area contributed by atoms with Gasteiger partial charge in [-0.2, -0.15) is 0 Å². The molecule has 0 aliphatic heterocycles. The van der Waals surface area contributed by atoms with E-state index in [2.05, 4.69) is 44.7 Å². The summed E-state index contributed by atoms with van der Waals surface area (Å²) in [4.78, 5) is 5.01. The summed E-state index contributed by atoms with van der Waals surface area (Å²) in [6.07, 6.45) is 2.17. The molecule has 0 aromatic carbocycles. The van der Waals surface area contributed by atoms with Crippen LogP contribution in [0.5, 0.6) is 0 Å². The predicted molar refractivity (Wildman–Crippen MR) is 83.6 cm³/mol. The zero-order valence-corrected chi connectivity index (χ0v) is 13.4. The summed E-state index contributed by atoms with van der Waals surface area (Å²) >= 11 is 1.81. The Bertz CT molecular complexity index is 361. The minimum Gasteiger partial charge on any atom is -0.395 e. The minimum atomic E-state index is 0.0604. The largest absolute Gasteiger partial charge is 0.395 e. The predicted octanol–water partition coefficient (Wildman–Crippen LogP) is 2.93. The van der Waals surface area contributed by atoms with Crippen LogP contribution in [0, 0.1) is 6.92 Å². The van der Waals surface area contributed by atoms with Gasteiger partial charge in [0.25, 0.3) is 0 Å². The van der Waals surface area contributed by atoms with Crippen LogP contribution in [-0.2, 0) is 0 Å². The molecule has 1 rings (SSSR count). The molecule has 19 heavy (non-hydrogen) atoms. The first kappa shape index (κ1) is 16.6. The van der Waals surface area contributed by atoms with E-state index in [-0.39, 0.29) is 18.7 Å². The second-order valence-electron chi connectivity index (χ2n) is 5.18. The van der Waals surface area contributed by atoms with Crippen LogP contribution in [0.15, 0.2) is 12.1 Å². The van der Waals surface area contributed by atoms with Gasteiger partial charge >= 0.3 is 0 Å². The van der Waals surface area contributed by atoms with Gasteiger partial charge in [-0.05, 0) is 38.8 Å². The number of hydrogen-bond donors (Lipinski definition) is 2. The molecule has 3 nitrogen and oxygen atoms in total. The highest BCUT2D eigenvalue weighted by atomic mass is 32.1. The second-order valence-corrected chi connectivity index (χ2v) is 6.50. The van der Waals surface area contributed by atoms with Crippen LogP contribution in [0.25, 0.3) is 0 Å². The van der Waals surface area contributed by atoms with E-state index in [1.807, 2.05) is 11.3 Å². The van der Waals surface area contributed by atoms with Crippen molar-refractivity contribution in [2.75, 3.05) is 13.2 Å². The first-order valence-corrected chi connectivity index (χ1v) is 8.05. The Morgan fingerprint density at radius 2 is 1.95 bits per heavy atom. The van der Waals surface area contributed by atoms with E-state index in [1.165, 1.54) is 9.75 Å². The molecule has 0 spiro atoms.